The summed E-state index contributed by atoms with van der Waals surface area (Å²) in [6, 6.07) is 11.0. The third-order valence-electron chi connectivity index (χ3n) is 2.47. The molecule has 1 aromatic heterocycles. The molecular formula is C14H16N2O3. The molecule has 0 aliphatic heterocycles. The van der Waals surface area contributed by atoms with Crippen molar-refractivity contribution in [3.8, 4) is 17.2 Å². The van der Waals surface area contributed by atoms with E-state index in [2.05, 4.69) is 4.98 Å². The number of nitrogen functional groups attached to an aromatic ring is 1. The summed E-state index contributed by atoms with van der Waals surface area (Å²) >= 11 is 0. The summed E-state index contributed by atoms with van der Waals surface area (Å²) in [7, 11) is 1.61. The summed E-state index contributed by atoms with van der Waals surface area (Å²) < 4.78 is 16.2. The molecule has 1 aromatic carbocycles. The van der Waals surface area contributed by atoms with Gasteiger partial charge in [-0.3, -0.25) is 0 Å². The number of nitrogens with two attached hydrogens (primary N) is 1. The normalized spacial score (nSPS) is 9.95. The van der Waals surface area contributed by atoms with Crippen LogP contribution in [0.3, 0.4) is 0 Å². The number of hydrogen-bond donors (Lipinski definition) is 1. The Bertz CT molecular complexity index is 532. The Labute approximate surface area is 111 Å². The fraction of sp³-hybridized carbons (Fsp3) is 0.214. The van der Waals surface area contributed by atoms with Crippen molar-refractivity contribution in [3.63, 3.8) is 0 Å². The van der Waals surface area contributed by atoms with Crippen LogP contribution in [0, 0.1) is 0 Å². The highest BCUT2D eigenvalue weighted by Gasteiger charge is 2.03. The number of hydrogen-bond acceptors (Lipinski definition) is 5. The molecule has 5 nitrogen and oxygen atoms in total. The van der Waals surface area contributed by atoms with E-state index in [1.807, 2.05) is 24.3 Å². The minimum Gasteiger partial charge on any atom is -0.493 e. The van der Waals surface area contributed by atoms with Crippen LogP contribution < -0.4 is 19.9 Å². The second-order valence-corrected chi connectivity index (χ2v) is 3.73. The minimum absolute atomic E-state index is 0.375. The smallest absolute Gasteiger partial charge is 0.166 e. The van der Waals surface area contributed by atoms with Crippen molar-refractivity contribution < 1.29 is 14.2 Å². The quantitative estimate of drug-likeness (QED) is 0.806. The van der Waals surface area contributed by atoms with Gasteiger partial charge in [-0.25, -0.2) is 4.98 Å². The number of benzene rings is 1. The van der Waals surface area contributed by atoms with Gasteiger partial charge < -0.3 is 19.9 Å². The van der Waals surface area contributed by atoms with E-state index in [4.69, 9.17) is 19.9 Å². The van der Waals surface area contributed by atoms with Gasteiger partial charge in [-0.15, -0.1) is 0 Å². The highest BCUT2D eigenvalue weighted by atomic mass is 16.5. The van der Waals surface area contributed by atoms with Gasteiger partial charge in [-0.2, -0.15) is 0 Å². The van der Waals surface area contributed by atoms with E-state index >= 15 is 0 Å². The van der Waals surface area contributed by atoms with Crippen LogP contribution in [0.1, 0.15) is 0 Å². The number of ether oxygens (including phenoxy) is 3. The van der Waals surface area contributed by atoms with Gasteiger partial charge in [0.25, 0.3) is 0 Å². The molecule has 0 unspecified atom stereocenters. The van der Waals surface area contributed by atoms with Gasteiger partial charge in [0.05, 0.1) is 7.11 Å². The maximum atomic E-state index is 5.66. The van der Waals surface area contributed by atoms with E-state index in [9.17, 15) is 0 Å². The van der Waals surface area contributed by atoms with Gasteiger partial charge in [0.2, 0.25) is 0 Å². The zero-order valence-electron chi connectivity index (χ0n) is 10.7. The molecule has 0 bridgehead atoms. The molecule has 100 valence electrons. The van der Waals surface area contributed by atoms with Crippen LogP contribution >= 0.6 is 0 Å². The molecule has 0 saturated heterocycles. The fourth-order valence-electron chi connectivity index (χ4n) is 1.57. The second-order valence-electron chi connectivity index (χ2n) is 3.73. The van der Waals surface area contributed by atoms with Gasteiger partial charge in [-0.1, -0.05) is 12.1 Å². The monoisotopic (exact) mass is 260 g/mol. The molecule has 5 heteroatoms. The summed E-state index contributed by atoms with van der Waals surface area (Å²) in [5, 5.41) is 0. The molecule has 0 atom stereocenters. The van der Waals surface area contributed by atoms with E-state index in [1.54, 1.807) is 25.4 Å². The Morgan fingerprint density at radius 2 is 1.58 bits per heavy atom. The number of pyridine rings is 1. The number of rotatable bonds is 6. The predicted octanol–water partition coefficient (Wildman–Crippen LogP) is 2.13. The van der Waals surface area contributed by atoms with Gasteiger partial charge in [0.15, 0.2) is 23.1 Å². The number of aromatic nitrogens is 1. The lowest BCUT2D eigenvalue weighted by atomic mass is 10.3. The second kappa shape index (κ2) is 6.49. The lowest BCUT2D eigenvalue weighted by Gasteiger charge is -2.11. The molecule has 2 rings (SSSR count). The first-order valence-electron chi connectivity index (χ1n) is 5.90. The summed E-state index contributed by atoms with van der Waals surface area (Å²) in [5.41, 5.74) is 5.66. The average Bonchev–Trinajstić information content (AvgIpc) is 2.45. The molecule has 0 aliphatic carbocycles. The van der Waals surface area contributed by atoms with Crippen molar-refractivity contribution in [2.24, 2.45) is 0 Å². The molecule has 0 radical (unpaired) electrons. The molecule has 0 amide bonds. The van der Waals surface area contributed by atoms with Crippen molar-refractivity contribution >= 4 is 5.82 Å². The van der Waals surface area contributed by atoms with Crippen molar-refractivity contribution in [1.82, 2.24) is 4.98 Å². The zero-order valence-corrected chi connectivity index (χ0v) is 10.7. The van der Waals surface area contributed by atoms with Crippen LogP contribution in [0.25, 0.3) is 0 Å². The van der Waals surface area contributed by atoms with Gasteiger partial charge in [-0.05, 0) is 24.3 Å². The maximum Gasteiger partial charge on any atom is 0.166 e. The topological polar surface area (TPSA) is 66.6 Å². The third-order valence-corrected chi connectivity index (χ3v) is 2.47. The molecule has 2 aromatic rings. The standard InChI is InChI=1S/C14H16N2O3/c1-17-11-5-2-3-6-12(11)18-9-10-19-13-7-4-8-16-14(13)15/h2-8H,9-10H2,1H3,(H2,15,16). The van der Waals surface area contributed by atoms with Gasteiger partial charge in [0.1, 0.15) is 13.2 Å². The highest BCUT2D eigenvalue weighted by molar-refractivity contribution is 5.44. The number of nitrogens with zero attached hydrogens (tertiary/aromatic N) is 1. The molecule has 19 heavy (non-hydrogen) atoms. The summed E-state index contributed by atoms with van der Waals surface area (Å²) in [4.78, 5) is 3.94. The first kappa shape index (κ1) is 13.0. The van der Waals surface area contributed by atoms with E-state index < -0.39 is 0 Å². The van der Waals surface area contributed by atoms with Crippen LogP contribution in [-0.2, 0) is 0 Å². The average molecular weight is 260 g/mol. The van der Waals surface area contributed by atoms with Crippen LogP contribution in [0.4, 0.5) is 5.82 Å². The molecule has 0 fully saturated rings. The number of anilines is 1. The lowest BCUT2D eigenvalue weighted by molar-refractivity contribution is 0.211. The molecule has 2 N–H and O–H groups in total. The largest absolute Gasteiger partial charge is 0.493 e. The van der Waals surface area contributed by atoms with Crippen molar-refractivity contribution in [1.29, 1.82) is 0 Å². The highest BCUT2D eigenvalue weighted by Crippen LogP contribution is 2.25. The fourth-order valence-corrected chi connectivity index (χ4v) is 1.57. The van der Waals surface area contributed by atoms with Crippen molar-refractivity contribution in [3.05, 3.63) is 42.6 Å². The van der Waals surface area contributed by atoms with Crippen molar-refractivity contribution in [2.45, 2.75) is 0 Å². The molecular weight excluding hydrogens is 244 g/mol. The predicted molar refractivity (Wildman–Crippen MR) is 72.6 cm³/mol. The van der Waals surface area contributed by atoms with E-state index in [1.165, 1.54) is 0 Å². The Kier molecular flexibility index (Phi) is 4.44. The third kappa shape index (κ3) is 3.51. The lowest BCUT2D eigenvalue weighted by Crippen LogP contribution is -2.10. The Balaban J connectivity index is 1.83. The van der Waals surface area contributed by atoms with E-state index in [0.29, 0.717) is 36.3 Å². The zero-order chi connectivity index (χ0) is 13.5. The molecule has 0 saturated carbocycles. The summed E-state index contributed by atoms with van der Waals surface area (Å²) in [5.74, 6) is 2.32. The van der Waals surface area contributed by atoms with Crippen molar-refractivity contribution in [2.75, 3.05) is 26.1 Å². The Hall–Kier alpha value is -2.43. The number of methoxy groups -OCH3 is 1. The van der Waals surface area contributed by atoms with E-state index in [-0.39, 0.29) is 0 Å². The first-order chi connectivity index (χ1) is 9.31. The van der Waals surface area contributed by atoms with Crippen LogP contribution in [-0.4, -0.2) is 25.3 Å². The summed E-state index contributed by atoms with van der Waals surface area (Å²) in [6.45, 7) is 0.780. The first-order valence-corrected chi connectivity index (χ1v) is 5.90. The SMILES string of the molecule is COc1ccccc1OCCOc1cccnc1N. The van der Waals surface area contributed by atoms with Crippen LogP contribution in [0.5, 0.6) is 17.2 Å². The maximum absolute atomic E-state index is 5.66. The van der Waals surface area contributed by atoms with E-state index in [0.717, 1.165) is 0 Å². The van der Waals surface area contributed by atoms with Gasteiger partial charge >= 0.3 is 0 Å². The van der Waals surface area contributed by atoms with Crippen LogP contribution in [0.15, 0.2) is 42.6 Å². The minimum atomic E-state index is 0.375. The summed E-state index contributed by atoms with van der Waals surface area (Å²) in [6.07, 6.45) is 1.62. The van der Waals surface area contributed by atoms with Crippen LogP contribution in [0.2, 0.25) is 0 Å². The van der Waals surface area contributed by atoms with Gasteiger partial charge in [0, 0.05) is 6.20 Å². The number of para-hydroxylation sites is 2. The molecule has 0 aliphatic rings. The Morgan fingerprint density at radius 1 is 0.947 bits per heavy atom. The Morgan fingerprint density at radius 3 is 2.26 bits per heavy atom. The molecule has 1 heterocycles. The molecule has 0 spiro atoms.